The molecule has 2 atom stereocenters. The van der Waals surface area contributed by atoms with Crippen LogP contribution in [0.15, 0.2) is 22.7 Å². The first-order valence-corrected chi connectivity index (χ1v) is 6.85. The molecule has 0 aliphatic rings. The van der Waals surface area contributed by atoms with Gasteiger partial charge in [0.15, 0.2) is 0 Å². The van der Waals surface area contributed by atoms with E-state index in [-0.39, 0.29) is 6.04 Å². The third-order valence-corrected chi connectivity index (χ3v) is 3.92. The van der Waals surface area contributed by atoms with Crippen LogP contribution in [0.25, 0.3) is 0 Å². The van der Waals surface area contributed by atoms with Crippen molar-refractivity contribution in [1.82, 2.24) is 0 Å². The third-order valence-electron chi connectivity index (χ3n) is 3.06. The summed E-state index contributed by atoms with van der Waals surface area (Å²) in [7, 11) is 0. The second-order valence-corrected chi connectivity index (χ2v) is 5.60. The minimum atomic E-state index is 0.165. The summed E-state index contributed by atoms with van der Waals surface area (Å²) in [6.07, 6.45) is 3.58. The molecule has 0 amide bonds. The van der Waals surface area contributed by atoms with Crippen molar-refractivity contribution in [2.45, 2.75) is 46.1 Å². The van der Waals surface area contributed by atoms with Crippen molar-refractivity contribution < 1.29 is 0 Å². The molecule has 90 valence electrons. The molecule has 16 heavy (non-hydrogen) atoms. The van der Waals surface area contributed by atoms with E-state index in [1.165, 1.54) is 24.0 Å². The fraction of sp³-hybridized carbons (Fsp3) is 0.571. The van der Waals surface area contributed by atoms with Crippen LogP contribution in [0.5, 0.6) is 0 Å². The van der Waals surface area contributed by atoms with Crippen molar-refractivity contribution in [3.8, 4) is 0 Å². The van der Waals surface area contributed by atoms with Crippen molar-refractivity contribution >= 4 is 15.9 Å². The van der Waals surface area contributed by atoms with Crippen molar-refractivity contribution in [1.29, 1.82) is 0 Å². The molecule has 0 fully saturated rings. The first-order chi connectivity index (χ1) is 7.54. The first kappa shape index (κ1) is 13.7. The van der Waals surface area contributed by atoms with Gasteiger partial charge < -0.3 is 5.73 Å². The van der Waals surface area contributed by atoms with E-state index in [2.05, 4.69) is 54.9 Å². The molecule has 0 aliphatic carbocycles. The van der Waals surface area contributed by atoms with Crippen LogP contribution >= 0.6 is 15.9 Å². The van der Waals surface area contributed by atoms with Gasteiger partial charge in [-0.15, -0.1) is 0 Å². The van der Waals surface area contributed by atoms with Gasteiger partial charge in [0.05, 0.1) is 0 Å². The zero-order chi connectivity index (χ0) is 12.1. The highest BCUT2D eigenvalue weighted by molar-refractivity contribution is 9.10. The summed E-state index contributed by atoms with van der Waals surface area (Å²) in [5.41, 5.74) is 8.72. The first-order valence-electron chi connectivity index (χ1n) is 6.06. The normalized spacial score (nSPS) is 14.8. The molecular weight excluding hydrogens is 262 g/mol. The summed E-state index contributed by atoms with van der Waals surface area (Å²) in [5.74, 6) is 0.708. The fourth-order valence-corrected chi connectivity index (χ4v) is 2.42. The lowest BCUT2D eigenvalue weighted by Gasteiger charge is -2.17. The summed E-state index contributed by atoms with van der Waals surface area (Å²) in [5, 5.41) is 0. The Balaban J connectivity index is 2.65. The van der Waals surface area contributed by atoms with E-state index >= 15 is 0 Å². The van der Waals surface area contributed by atoms with Gasteiger partial charge in [-0.3, -0.25) is 0 Å². The molecule has 2 heteroatoms. The average molecular weight is 284 g/mol. The van der Waals surface area contributed by atoms with Gasteiger partial charge in [0.25, 0.3) is 0 Å². The largest absolute Gasteiger partial charge is 0.324 e. The number of hydrogen-bond acceptors (Lipinski definition) is 1. The Labute approximate surface area is 108 Å². The van der Waals surface area contributed by atoms with E-state index in [0.717, 1.165) is 10.9 Å². The zero-order valence-electron chi connectivity index (χ0n) is 10.5. The number of aryl methyl sites for hydroxylation is 1. The monoisotopic (exact) mass is 283 g/mol. The predicted octanol–water partition coefficient (Wildman–Crippen LogP) is 4.58. The van der Waals surface area contributed by atoms with Gasteiger partial charge >= 0.3 is 0 Å². The number of rotatable bonds is 5. The van der Waals surface area contributed by atoms with Crippen molar-refractivity contribution in [3.05, 3.63) is 33.8 Å². The Morgan fingerprint density at radius 3 is 2.62 bits per heavy atom. The van der Waals surface area contributed by atoms with E-state index < -0.39 is 0 Å². The van der Waals surface area contributed by atoms with E-state index in [1.807, 2.05) is 0 Å². The molecule has 0 heterocycles. The Morgan fingerprint density at radius 2 is 2.06 bits per heavy atom. The molecule has 0 spiro atoms. The van der Waals surface area contributed by atoms with E-state index in [1.54, 1.807) is 0 Å². The average Bonchev–Trinajstić information content (AvgIpc) is 2.22. The van der Waals surface area contributed by atoms with Gasteiger partial charge in [0.2, 0.25) is 0 Å². The topological polar surface area (TPSA) is 26.0 Å². The minimum Gasteiger partial charge on any atom is -0.324 e. The highest BCUT2D eigenvalue weighted by atomic mass is 79.9. The number of hydrogen-bond donors (Lipinski definition) is 1. The molecule has 0 radical (unpaired) electrons. The molecule has 0 saturated heterocycles. The smallest absolute Gasteiger partial charge is 0.0297 e. The molecule has 2 unspecified atom stereocenters. The van der Waals surface area contributed by atoms with Crippen LogP contribution in [-0.4, -0.2) is 0 Å². The minimum absolute atomic E-state index is 0.165. The van der Waals surface area contributed by atoms with Crippen molar-refractivity contribution in [3.63, 3.8) is 0 Å². The van der Waals surface area contributed by atoms with Gasteiger partial charge in [0, 0.05) is 10.5 Å². The van der Waals surface area contributed by atoms with E-state index in [4.69, 9.17) is 5.73 Å². The third kappa shape index (κ3) is 3.91. The van der Waals surface area contributed by atoms with Crippen LogP contribution in [-0.2, 0) is 0 Å². The fourth-order valence-electron chi connectivity index (χ4n) is 2.02. The lowest BCUT2D eigenvalue weighted by atomic mass is 9.93. The SMILES string of the molecule is CCCC(C)CC(N)c1ccc(C)c(Br)c1. The Kier molecular flexibility index (Phi) is 5.50. The molecule has 1 rings (SSSR count). The van der Waals surface area contributed by atoms with Crippen LogP contribution in [0, 0.1) is 12.8 Å². The summed E-state index contributed by atoms with van der Waals surface area (Å²) >= 11 is 3.56. The molecule has 2 N–H and O–H groups in total. The lowest BCUT2D eigenvalue weighted by molar-refractivity contribution is 0.440. The lowest BCUT2D eigenvalue weighted by Crippen LogP contribution is -2.14. The van der Waals surface area contributed by atoms with Crippen molar-refractivity contribution in [2.24, 2.45) is 11.7 Å². The van der Waals surface area contributed by atoms with Crippen LogP contribution in [0.1, 0.15) is 50.3 Å². The van der Waals surface area contributed by atoms with E-state index in [0.29, 0.717) is 5.92 Å². The Morgan fingerprint density at radius 1 is 1.38 bits per heavy atom. The summed E-state index contributed by atoms with van der Waals surface area (Å²) in [6, 6.07) is 6.59. The maximum Gasteiger partial charge on any atom is 0.0297 e. The standard InChI is InChI=1S/C14H22BrN/c1-4-5-10(2)8-14(16)12-7-6-11(3)13(15)9-12/h6-7,9-10,14H,4-5,8,16H2,1-3H3. The molecular formula is C14H22BrN. The predicted molar refractivity (Wildman–Crippen MR) is 74.5 cm³/mol. The number of halogens is 1. The van der Waals surface area contributed by atoms with Gasteiger partial charge in [-0.25, -0.2) is 0 Å². The molecule has 1 nitrogen and oxygen atoms in total. The molecule has 1 aromatic carbocycles. The molecule has 0 saturated carbocycles. The molecule has 0 aromatic heterocycles. The van der Waals surface area contributed by atoms with Crippen LogP contribution < -0.4 is 5.73 Å². The highest BCUT2D eigenvalue weighted by Crippen LogP contribution is 2.25. The number of nitrogens with two attached hydrogens (primary N) is 1. The molecule has 0 bridgehead atoms. The van der Waals surface area contributed by atoms with Crippen molar-refractivity contribution in [2.75, 3.05) is 0 Å². The molecule has 1 aromatic rings. The van der Waals surface area contributed by atoms with Crippen LogP contribution in [0.2, 0.25) is 0 Å². The summed E-state index contributed by atoms with van der Waals surface area (Å²) < 4.78 is 1.16. The number of benzene rings is 1. The van der Waals surface area contributed by atoms with E-state index in [9.17, 15) is 0 Å². The van der Waals surface area contributed by atoms with Gasteiger partial charge in [-0.2, -0.15) is 0 Å². The quantitative estimate of drug-likeness (QED) is 0.841. The zero-order valence-corrected chi connectivity index (χ0v) is 12.0. The Bertz CT molecular complexity index is 336. The second kappa shape index (κ2) is 6.41. The molecule has 0 aliphatic heterocycles. The second-order valence-electron chi connectivity index (χ2n) is 4.74. The van der Waals surface area contributed by atoms with Gasteiger partial charge in [-0.05, 0) is 36.5 Å². The summed E-state index contributed by atoms with van der Waals surface area (Å²) in [4.78, 5) is 0. The van der Waals surface area contributed by atoms with Crippen LogP contribution in [0.3, 0.4) is 0 Å². The van der Waals surface area contributed by atoms with Crippen LogP contribution in [0.4, 0.5) is 0 Å². The highest BCUT2D eigenvalue weighted by Gasteiger charge is 2.11. The maximum absolute atomic E-state index is 6.22. The van der Waals surface area contributed by atoms with Gasteiger partial charge in [0.1, 0.15) is 0 Å². The van der Waals surface area contributed by atoms with Gasteiger partial charge in [-0.1, -0.05) is 54.8 Å². The Hall–Kier alpha value is -0.340. The maximum atomic E-state index is 6.22. The summed E-state index contributed by atoms with van der Waals surface area (Å²) in [6.45, 7) is 6.61.